The molecular formula is C23H19FN6O3S. The van der Waals surface area contributed by atoms with E-state index in [2.05, 4.69) is 32.1 Å². The van der Waals surface area contributed by atoms with Crippen LogP contribution in [0.2, 0.25) is 0 Å². The van der Waals surface area contributed by atoms with Crippen LogP contribution >= 0.6 is 0 Å². The number of hydrogen-bond acceptors (Lipinski definition) is 7. The molecule has 3 aromatic heterocycles. The first kappa shape index (κ1) is 22.9. The van der Waals surface area contributed by atoms with Crippen LogP contribution in [0.5, 0.6) is 0 Å². The maximum absolute atomic E-state index is 14.3. The molecule has 34 heavy (non-hydrogen) atoms. The zero-order valence-electron chi connectivity index (χ0n) is 17.8. The van der Waals surface area contributed by atoms with Gasteiger partial charge in [-0.15, -0.1) is 0 Å². The lowest BCUT2D eigenvalue weighted by Gasteiger charge is -2.07. The minimum Gasteiger partial charge on any atom is -0.364 e. The Morgan fingerprint density at radius 2 is 2.06 bits per heavy atom. The summed E-state index contributed by atoms with van der Waals surface area (Å²) in [6.07, 6.45) is 4.16. The number of carbonyl (C=O) groups is 1. The van der Waals surface area contributed by atoms with Crippen molar-refractivity contribution in [2.45, 2.75) is 11.6 Å². The van der Waals surface area contributed by atoms with E-state index in [1.54, 1.807) is 48.5 Å². The molecule has 0 saturated carbocycles. The number of rotatable bonds is 8. The van der Waals surface area contributed by atoms with E-state index in [0.29, 0.717) is 22.0 Å². The Kier molecular flexibility index (Phi) is 7.13. The van der Waals surface area contributed by atoms with Gasteiger partial charge in [0, 0.05) is 24.0 Å². The molecule has 0 fully saturated rings. The molecule has 1 amide bonds. The Morgan fingerprint density at radius 1 is 1.24 bits per heavy atom. The average molecular weight is 479 g/mol. The van der Waals surface area contributed by atoms with E-state index in [1.165, 1.54) is 29.4 Å². The fourth-order valence-electron chi connectivity index (χ4n) is 3.09. The van der Waals surface area contributed by atoms with Crippen molar-refractivity contribution in [2.24, 2.45) is 4.99 Å². The van der Waals surface area contributed by atoms with Crippen LogP contribution in [0.1, 0.15) is 11.3 Å². The van der Waals surface area contributed by atoms with Crippen LogP contribution in [0.3, 0.4) is 0 Å². The second-order valence-electron chi connectivity index (χ2n) is 6.91. The van der Waals surface area contributed by atoms with Crippen LogP contribution in [0.4, 0.5) is 4.39 Å². The number of pyridine rings is 1. The summed E-state index contributed by atoms with van der Waals surface area (Å²) in [5.41, 5.74) is 1.69. The van der Waals surface area contributed by atoms with Crippen LogP contribution in [0, 0.1) is 5.82 Å². The van der Waals surface area contributed by atoms with Gasteiger partial charge in [0.05, 0.1) is 23.0 Å². The van der Waals surface area contributed by atoms with Crippen LogP contribution in [-0.4, -0.2) is 41.6 Å². The average Bonchev–Trinajstić information content (AvgIpc) is 3.51. The third kappa shape index (κ3) is 5.38. The molecule has 0 aliphatic rings. The van der Waals surface area contributed by atoms with Gasteiger partial charge >= 0.3 is 0 Å². The Morgan fingerprint density at radius 3 is 2.76 bits per heavy atom. The third-order valence-electron chi connectivity index (χ3n) is 4.61. The quantitative estimate of drug-likeness (QED) is 0.308. The van der Waals surface area contributed by atoms with Crippen molar-refractivity contribution in [2.75, 3.05) is 5.75 Å². The van der Waals surface area contributed by atoms with Gasteiger partial charge in [0.25, 0.3) is 0 Å². The second-order valence-corrected chi connectivity index (χ2v) is 8.31. The van der Waals surface area contributed by atoms with Gasteiger partial charge in [-0.3, -0.25) is 13.7 Å². The summed E-state index contributed by atoms with van der Waals surface area (Å²) in [7, 11) is -1.64. The Balaban J connectivity index is 1.61. The highest BCUT2D eigenvalue weighted by atomic mass is 32.2. The predicted octanol–water partition coefficient (Wildman–Crippen LogP) is 2.93. The van der Waals surface area contributed by atoms with Gasteiger partial charge in [-0.2, -0.15) is 5.10 Å². The van der Waals surface area contributed by atoms with Gasteiger partial charge < -0.3 is 9.84 Å². The monoisotopic (exact) mass is 478 g/mol. The molecular weight excluding hydrogens is 459 g/mol. The third-order valence-corrected chi connectivity index (χ3v) is 5.84. The first-order valence-corrected chi connectivity index (χ1v) is 11.4. The van der Waals surface area contributed by atoms with Crippen molar-refractivity contribution >= 4 is 22.5 Å². The van der Waals surface area contributed by atoms with Gasteiger partial charge in [-0.05, 0) is 24.3 Å². The molecule has 0 spiro atoms. The first-order valence-electron chi connectivity index (χ1n) is 10.1. The van der Waals surface area contributed by atoms with E-state index in [9.17, 15) is 13.4 Å². The van der Waals surface area contributed by atoms with E-state index >= 15 is 0 Å². The van der Waals surface area contributed by atoms with E-state index in [1.807, 2.05) is 0 Å². The molecule has 0 aliphatic heterocycles. The number of nitrogens with zero attached hydrogens (tertiary/aromatic N) is 5. The zero-order chi connectivity index (χ0) is 23.9. The highest BCUT2D eigenvalue weighted by Crippen LogP contribution is 2.21. The molecule has 0 aliphatic carbocycles. The van der Waals surface area contributed by atoms with Crippen LogP contribution < -0.4 is 5.32 Å². The molecule has 172 valence electrons. The first-order chi connectivity index (χ1) is 16.5. The molecule has 4 aromatic rings. The number of aromatic nitrogens is 4. The van der Waals surface area contributed by atoms with Gasteiger partial charge in [-0.25, -0.2) is 14.4 Å². The van der Waals surface area contributed by atoms with Gasteiger partial charge in [-0.1, -0.05) is 36.0 Å². The van der Waals surface area contributed by atoms with Gasteiger partial charge in [0.15, 0.2) is 5.84 Å². The highest BCUT2D eigenvalue weighted by molar-refractivity contribution is 7.85. The molecule has 0 saturated heterocycles. The zero-order valence-corrected chi connectivity index (χ0v) is 18.6. The topological polar surface area (TPSA) is 115 Å². The van der Waals surface area contributed by atoms with Crippen LogP contribution in [0.25, 0.3) is 11.4 Å². The predicted molar refractivity (Wildman–Crippen MR) is 124 cm³/mol. The van der Waals surface area contributed by atoms with E-state index in [-0.39, 0.29) is 29.6 Å². The van der Waals surface area contributed by atoms with Gasteiger partial charge in [0.1, 0.15) is 34.2 Å². The summed E-state index contributed by atoms with van der Waals surface area (Å²) in [4.78, 5) is 20.7. The maximum Gasteiger partial charge on any atom is 0.238 e. The lowest BCUT2D eigenvalue weighted by atomic mass is 10.2. The van der Waals surface area contributed by atoms with Crippen molar-refractivity contribution in [1.82, 2.24) is 25.2 Å². The molecule has 1 N–H and O–H groups in total. The lowest BCUT2D eigenvalue weighted by Crippen LogP contribution is -2.35. The fraction of sp³-hybridized carbons (Fsp3) is 0.0870. The molecule has 4 rings (SSSR count). The van der Waals surface area contributed by atoms with Gasteiger partial charge in [0.2, 0.25) is 5.91 Å². The van der Waals surface area contributed by atoms with E-state index < -0.39 is 16.7 Å². The molecule has 0 bridgehead atoms. The molecule has 11 heteroatoms. The molecule has 0 radical (unpaired) electrons. The summed E-state index contributed by atoms with van der Waals surface area (Å²) >= 11 is 0. The van der Waals surface area contributed by atoms with Crippen molar-refractivity contribution in [3.05, 3.63) is 96.9 Å². The minimum atomic E-state index is -1.64. The minimum absolute atomic E-state index is 0.0926. The number of nitrogens with one attached hydrogen (secondary N) is 1. The molecule has 9 nitrogen and oxygen atoms in total. The number of amidine groups is 1. The Labute approximate surface area is 196 Å². The number of hydrogen-bond donors (Lipinski definition) is 1. The maximum atomic E-state index is 14.3. The van der Waals surface area contributed by atoms with Crippen molar-refractivity contribution < 1.29 is 17.9 Å². The van der Waals surface area contributed by atoms with Crippen LogP contribution in [-0.2, 0) is 22.1 Å². The summed E-state index contributed by atoms with van der Waals surface area (Å²) in [6, 6.07) is 14.6. The standard InChI is InChI=1S/C23H19FN6O3S/c1-2-25-23(27-21(31)15-34(32)22-9-5-6-11-26-22)19-13-20(18-10-12-33-29-18)30(28-19)14-16-7-3-4-8-17(16)24/h2-13H,1,14-15H2,(H,25,27,31). The van der Waals surface area contributed by atoms with Crippen molar-refractivity contribution in [1.29, 1.82) is 0 Å². The second kappa shape index (κ2) is 10.6. The van der Waals surface area contributed by atoms with Crippen LogP contribution in [0.15, 0.2) is 94.4 Å². The van der Waals surface area contributed by atoms with Crippen molar-refractivity contribution in [3.63, 3.8) is 0 Å². The summed E-state index contributed by atoms with van der Waals surface area (Å²) in [6.45, 7) is 3.69. The van der Waals surface area contributed by atoms with E-state index in [4.69, 9.17) is 4.52 Å². The summed E-state index contributed by atoms with van der Waals surface area (Å²) < 4.78 is 33.2. The number of aliphatic imine (C=N–C) groups is 1. The molecule has 1 unspecified atom stereocenters. The smallest absolute Gasteiger partial charge is 0.238 e. The fourth-order valence-corrected chi connectivity index (χ4v) is 3.96. The molecule has 1 aromatic carbocycles. The SMILES string of the molecule is C=CN=C(NC(=O)CS(=O)c1ccccn1)c1cc(-c2ccon2)n(Cc2ccccc2F)n1. The summed E-state index contributed by atoms with van der Waals surface area (Å²) in [5, 5.41) is 11.4. The highest BCUT2D eigenvalue weighted by Gasteiger charge is 2.20. The Hall–Kier alpha value is -4.25. The number of carbonyl (C=O) groups excluding carboxylic acids is 1. The molecule has 1 atom stereocenters. The number of halogens is 1. The normalized spacial score (nSPS) is 12.3. The number of amides is 1. The number of benzene rings is 1. The Bertz CT molecular complexity index is 1350. The van der Waals surface area contributed by atoms with E-state index in [0.717, 1.165) is 0 Å². The lowest BCUT2D eigenvalue weighted by molar-refractivity contribution is -0.117. The largest absolute Gasteiger partial charge is 0.364 e. The molecule has 3 heterocycles. The van der Waals surface area contributed by atoms with Crippen molar-refractivity contribution in [3.8, 4) is 11.4 Å². The summed E-state index contributed by atoms with van der Waals surface area (Å²) in [5.74, 6) is -1.15.